The van der Waals surface area contributed by atoms with Crippen molar-refractivity contribution in [2.24, 2.45) is 0 Å². The van der Waals surface area contributed by atoms with Crippen LogP contribution in [0.1, 0.15) is 43.4 Å². The first-order chi connectivity index (χ1) is 9.66. The molecule has 2 aromatic carbocycles. The van der Waals surface area contributed by atoms with Crippen LogP contribution in [0.3, 0.4) is 0 Å². The largest absolute Gasteiger partial charge is 0.310 e. The highest BCUT2D eigenvalue weighted by Gasteiger charge is 2.08. The Morgan fingerprint density at radius 1 is 0.950 bits per heavy atom. The minimum absolute atomic E-state index is 0.172. The van der Waals surface area contributed by atoms with Gasteiger partial charge in [-0.3, -0.25) is 0 Å². The Kier molecular flexibility index (Phi) is 5.31. The summed E-state index contributed by atoms with van der Waals surface area (Å²) in [6.07, 6.45) is 1.07. The molecule has 0 aliphatic rings. The van der Waals surface area contributed by atoms with Gasteiger partial charge in [0.15, 0.2) is 0 Å². The van der Waals surface area contributed by atoms with E-state index < -0.39 is 0 Å². The van der Waals surface area contributed by atoms with Gasteiger partial charge in [-0.05, 0) is 49.1 Å². The van der Waals surface area contributed by atoms with Crippen molar-refractivity contribution >= 4 is 0 Å². The lowest BCUT2D eigenvalue weighted by atomic mass is 9.97. The zero-order chi connectivity index (χ0) is 14.4. The standard InChI is InChI=1S/C18H22FN/c1-14(16-7-4-3-5-8-16)11-12-20-15(2)17-9-6-10-18(19)13-17/h3-10,13-15,20H,11-12H2,1-2H3. The molecule has 0 fully saturated rings. The van der Waals surface area contributed by atoms with Gasteiger partial charge >= 0.3 is 0 Å². The topological polar surface area (TPSA) is 12.0 Å². The van der Waals surface area contributed by atoms with Gasteiger partial charge in [0.25, 0.3) is 0 Å². The molecule has 0 spiro atoms. The van der Waals surface area contributed by atoms with Crippen molar-refractivity contribution in [3.63, 3.8) is 0 Å². The Labute approximate surface area is 120 Å². The van der Waals surface area contributed by atoms with Crippen LogP contribution < -0.4 is 5.32 Å². The van der Waals surface area contributed by atoms with Crippen LogP contribution in [0, 0.1) is 5.82 Å². The Morgan fingerprint density at radius 2 is 1.65 bits per heavy atom. The summed E-state index contributed by atoms with van der Waals surface area (Å²) in [5.74, 6) is 0.359. The first-order valence-electron chi connectivity index (χ1n) is 7.20. The van der Waals surface area contributed by atoms with Crippen molar-refractivity contribution in [1.29, 1.82) is 0 Å². The third-order valence-electron chi connectivity index (χ3n) is 3.75. The molecule has 0 heterocycles. The van der Waals surface area contributed by atoms with Crippen LogP contribution >= 0.6 is 0 Å². The maximum absolute atomic E-state index is 13.2. The van der Waals surface area contributed by atoms with Crippen LogP contribution in [0.4, 0.5) is 4.39 Å². The minimum Gasteiger partial charge on any atom is -0.310 e. The fourth-order valence-electron chi connectivity index (χ4n) is 2.36. The first-order valence-corrected chi connectivity index (χ1v) is 7.20. The van der Waals surface area contributed by atoms with Crippen molar-refractivity contribution in [3.8, 4) is 0 Å². The molecule has 106 valence electrons. The van der Waals surface area contributed by atoms with Crippen LogP contribution in [0.15, 0.2) is 54.6 Å². The van der Waals surface area contributed by atoms with Gasteiger partial charge in [-0.1, -0.05) is 49.4 Å². The molecule has 2 atom stereocenters. The maximum Gasteiger partial charge on any atom is 0.123 e. The number of nitrogens with one attached hydrogen (secondary N) is 1. The van der Waals surface area contributed by atoms with Gasteiger partial charge in [0.05, 0.1) is 0 Å². The predicted octanol–water partition coefficient (Wildman–Crippen LogP) is 4.67. The van der Waals surface area contributed by atoms with E-state index in [0.29, 0.717) is 5.92 Å². The second-order valence-electron chi connectivity index (χ2n) is 5.33. The molecule has 2 unspecified atom stereocenters. The molecule has 0 aliphatic heterocycles. The van der Waals surface area contributed by atoms with Gasteiger partial charge in [-0.25, -0.2) is 4.39 Å². The molecule has 0 bridgehead atoms. The minimum atomic E-state index is -0.172. The molecule has 2 heteroatoms. The molecule has 0 amide bonds. The van der Waals surface area contributed by atoms with E-state index in [-0.39, 0.29) is 11.9 Å². The Hall–Kier alpha value is -1.67. The fraction of sp³-hybridized carbons (Fsp3) is 0.333. The maximum atomic E-state index is 13.2. The van der Waals surface area contributed by atoms with Crippen LogP contribution in [-0.2, 0) is 0 Å². The Morgan fingerprint density at radius 3 is 2.35 bits per heavy atom. The smallest absolute Gasteiger partial charge is 0.123 e. The number of halogens is 1. The zero-order valence-electron chi connectivity index (χ0n) is 12.1. The average Bonchev–Trinajstić information content (AvgIpc) is 2.48. The molecule has 0 aliphatic carbocycles. The van der Waals surface area contributed by atoms with Gasteiger partial charge in [-0.15, -0.1) is 0 Å². The average molecular weight is 271 g/mol. The van der Waals surface area contributed by atoms with Crippen molar-refractivity contribution < 1.29 is 4.39 Å². The summed E-state index contributed by atoms with van der Waals surface area (Å²) in [7, 11) is 0. The van der Waals surface area contributed by atoms with Crippen molar-refractivity contribution in [2.45, 2.75) is 32.2 Å². The van der Waals surface area contributed by atoms with E-state index in [9.17, 15) is 4.39 Å². The second-order valence-corrected chi connectivity index (χ2v) is 5.33. The lowest BCUT2D eigenvalue weighted by Crippen LogP contribution is -2.21. The molecule has 2 rings (SSSR count). The van der Waals surface area contributed by atoms with Gasteiger partial charge in [0.2, 0.25) is 0 Å². The third kappa shape index (κ3) is 4.17. The van der Waals surface area contributed by atoms with E-state index in [1.54, 1.807) is 12.1 Å². The van der Waals surface area contributed by atoms with Gasteiger partial charge in [0, 0.05) is 6.04 Å². The monoisotopic (exact) mass is 271 g/mol. The molecule has 0 saturated carbocycles. The quantitative estimate of drug-likeness (QED) is 0.805. The third-order valence-corrected chi connectivity index (χ3v) is 3.75. The van der Waals surface area contributed by atoms with Gasteiger partial charge in [0.1, 0.15) is 5.82 Å². The van der Waals surface area contributed by atoms with Crippen LogP contribution in [0.2, 0.25) is 0 Å². The van der Waals surface area contributed by atoms with E-state index in [0.717, 1.165) is 18.5 Å². The summed E-state index contributed by atoms with van der Waals surface area (Å²) in [6, 6.07) is 17.5. The SMILES string of the molecule is CC(CCNC(C)c1cccc(F)c1)c1ccccc1. The summed E-state index contributed by atoms with van der Waals surface area (Å²) in [5.41, 5.74) is 2.37. The van der Waals surface area contributed by atoms with Crippen LogP contribution in [0.25, 0.3) is 0 Å². The summed E-state index contributed by atoms with van der Waals surface area (Å²) in [4.78, 5) is 0. The molecular formula is C18H22FN. The van der Waals surface area contributed by atoms with Crippen molar-refractivity contribution in [2.75, 3.05) is 6.54 Å². The van der Waals surface area contributed by atoms with E-state index >= 15 is 0 Å². The molecule has 1 N–H and O–H groups in total. The Bertz CT molecular complexity index is 524. The number of hydrogen-bond acceptors (Lipinski definition) is 1. The number of rotatable bonds is 6. The van der Waals surface area contributed by atoms with Crippen LogP contribution in [0.5, 0.6) is 0 Å². The molecule has 0 saturated heterocycles. The fourth-order valence-corrected chi connectivity index (χ4v) is 2.36. The highest BCUT2D eigenvalue weighted by atomic mass is 19.1. The summed E-state index contributed by atoms with van der Waals surface area (Å²) in [5, 5.41) is 3.46. The highest BCUT2D eigenvalue weighted by molar-refractivity contribution is 5.20. The highest BCUT2D eigenvalue weighted by Crippen LogP contribution is 2.19. The normalized spacial score (nSPS) is 13.9. The lowest BCUT2D eigenvalue weighted by Gasteiger charge is -2.17. The second kappa shape index (κ2) is 7.20. The molecule has 2 aromatic rings. The molecule has 20 heavy (non-hydrogen) atoms. The van der Waals surface area contributed by atoms with Gasteiger partial charge < -0.3 is 5.32 Å². The predicted molar refractivity (Wildman–Crippen MR) is 82.3 cm³/mol. The number of hydrogen-bond donors (Lipinski definition) is 1. The zero-order valence-corrected chi connectivity index (χ0v) is 12.1. The molecule has 0 aromatic heterocycles. The lowest BCUT2D eigenvalue weighted by molar-refractivity contribution is 0.527. The molecule has 0 radical (unpaired) electrons. The Balaban J connectivity index is 1.81. The first kappa shape index (κ1) is 14.7. The van der Waals surface area contributed by atoms with E-state index in [4.69, 9.17) is 0 Å². The van der Waals surface area contributed by atoms with Crippen LogP contribution in [-0.4, -0.2) is 6.54 Å². The van der Waals surface area contributed by atoms with Gasteiger partial charge in [-0.2, -0.15) is 0 Å². The summed E-state index contributed by atoms with van der Waals surface area (Å²) in [6.45, 7) is 5.24. The van der Waals surface area contributed by atoms with E-state index in [1.165, 1.54) is 11.6 Å². The van der Waals surface area contributed by atoms with E-state index in [2.05, 4.69) is 43.4 Å². The summed E-state index contributed by atoms with van der Waals surface area (Å²) >= 11 is 0. The van der Waals surface area contributed by atoms with E-state index in [1.807, 2.05) is 12.1 Å². The number of benzene rings is 2. The molecule has 1 nitrogen and oxygen atoms in total. The molecular weight excluding hydrogens is 249 g/mol. The van der Waals surface area contributed by atoms with Crippen molar-refractivity contribution in [1.82, 2.24) is 5.32 Å². The van der Waals surface area contributed by atoms with Crippen molar-refractivity contribution in [3.05, 3.63) is 71.5 Å². The summed E-state index contributed by atoms with van der Waals surface area (Å²) < 4.78 is 13.2.